The fraction of sp³-hybridized carbons (Fsp3) is 0.688. The molecule has 1 aromatic heterocycles. The molecular weight excluding hydrogens is 234 g/mol. The van der Waals surface area contributed by atoms with Crippen molar-refractivity contribution in [1.82, 2.24) is 10.3 Å². The highest BCUT2D eigenvalue weighted by atomic mass is 15.2. The molecule has 2 aliphatic rings. The van der Waals surface area contributed by atoms with Gasteiger partial charge in [0.05, 0.1) is 17.6 Å². The van der Waals surface area contributed by atoms with Crippen LogP contribution in [0.5, 0.6) is 0 Å². The number of hydrogen-bond donors (Lipinski definition) is 1. The molecule has 2 fully saturated rings. The summed E-state index contributed by atoms with van der Waals surface area (Å²) in [6.45, 7) is 6.61. The first kappa shape index (κ1) is 12.9. The van der Waals surface area contributed by atoms with Crippen LogP contribution in [0, 0.1) is 5.92 Å². The first-order chi connectivity index (χ1) is 9.31. The van der Waals surface area contributed by atoms with E-state index >= 15 is 0 Å². The molecule has 104 valence electrons. The Morgan fingerprint density at radius 3 is 2.79 bits per heavy atom. The number of hydrogen-bond acceptors (Lipinski definition) is 3. The van der Waals surface area contributed by atoms with Gasteiger partial charge in [0, 0.05) is 18.6 Å². The van der Waals surface area contributed by atoms with Gasteiger partial charge in [-0.15, -0.1) is 0 Å². The zero-order valence-corrected chi connectivity index (χ0v) is 12.1. The maximum absolute atomic E-state index is 4.69. The van der Waals surface area contributed by atoms with Gasteiger partial charge in [0.2, 0.25) is 0 Å². The highest BCUT2D eigenvalue weighted by Gasteiger charge is 2.37. The van der Waals surface area contributed by atoms with E-state index in [1.54, 1.807) is 0 Å². The average molecular weight is 259 g/mol. The molecule has 3 heteroatoms. The Labute approximate surface area is 116 Å². The van der Waals surface area contributed by atoms with Gasteiger partial charge in [0.1, 0.15) is 0 Å². The summed E-state index contributed by atoms with van der Waals surface area (Å²) in [7, 11) is 0. The lowest BCUT2D eigenvalue weighted by atomic mass is 10.1. The molecule has 2 bridgehead atoms. The normalized spacial score (nSPS) is 26.9. The second-order valence-electron chi connectivity index (χ2n) is 5.95. The monoisotopic (exact) mass is 259 g/mol. The van der Waals surface area contributed by atoms with Crippen LogP contribution in [0.15, 0.2) is 18.3 Å². The predicted molar refractivity (Wildman–Crippen MR) is 79.4 cm³/mol. The van der Waals surface area contributed by atoms with E-state index in [1.165, 1.54) is 37.2 Å². The number of nitrogens with one attached hydrogen (secondary N) is 1. The molecule has 1 aliphatic carbocycles. The van der Waals surface area contributed by atoms with Crippen molar-refractivity contribution < 1.29 is 0 Å². The van der Waals surface area contributed by atoms with Crippen LogP contribution in [0.25, 0.3) is 0 Å². The molecule has 1 aromatic rings. The van der Waals surface area contributed by atoms with E-state index in [1.807, 2.05) is 0 Å². The van der Waals surface area contributed by atoms with Crippen LogP contribution in [0.1, 0.15) is 51.3 Å². The number of pyridine rings is 1. The van der Waals surface area contributed by atoms with Crippen molar-refractivity contribution in [1.29, 1.82) is 0 Å². The minimum absolute atomic E-state index is 0.397. The van der Waals surface area contributed by atoms with Gasteiger partial charge in [-0.3, -0.25) is 4.98 Å². The van der Waals surface area contributed by atoms with Crippen LogP contribution < -0.4 is 10.2 Å². The van der Waals surface area contributed by atoms with E-state index in [9.17, 15) is 0 Å². The third-order valence-electron chi connectivity index (χ3n) is 4.73. The Kier molecular flexibility index (Phi) is 3.74. The standard InChI is InChI=1S/C16H25N3/c1-3-15(17-4-2)16-8-7-14(10-18-16)19-11-12-5-6-13(19)9-12/h7-8,10,12-13,15,17H,3-6,9,11H2,1-2H3. The molecule has 1 saturated carbocycles. The smallest absolute Gasteiger partial charge is 0.0574 e. The third-order valence-corrected chi connectivity index (χ3v) is 4.73. The van der Waals surface area contributed by atoms with Crippen molar-refractivity contribution in [3.63, 3.8) is 0 Å². The van der Waals surface area contributed by atoms with Crippen molar-refractivity contribution in [2.24, 2.45) is 5.92 Å². The molecule has 0 aromatic carbocycles. The number of aromatic nitrogens is 1. The van der Waals surface area contributed by atoms with Crippen LogP contribution in [0.3, 0.4) is 0 Å². The second kappa shape index (κ2) is 5.49. The van der Waals surface area contributed by atoms with Gasteiger partial charge in [-0.25, -0.2) is 0 Å². The minimum Gasteiger partial charge on any atom is -0.367 e. The highest BCUT2D eigenvalue weighted by molar-refractivity contribution is 5.48. The van der Waals surface area contributed by atoms with E-state index in [-0.39, 0.29) is 0 Å². The van der Waals surface area contributed by atoms with Crippen LogP contribution in [-0.2, 0) is 0 Å². The zero-order valence-electron chi connectivity index (χ0n) is 12.1. The van der Waals surface area contributed by atoms with Crippen LogP contribution in [0.4, 0.5) is 5.69 Å². The lowest BCUT2D eigenvalue weighted by Gasteiger charge is -2.29. The molecule has 1 aliphatic heterocycles. The maximum atomic E-state index is 4.69. The first-order valence-electron chi connectivity index (χ1n) is 7.77. The number of anilines is 1. The summed E-state index contributed by atoms with van der Waals surface area (Å²) in [5.74, 6) is 0.940. The lowest BCUT2D eigenvalue weighted by Crippen LogP contribution is -2.32. The molecule has 3 unspecified atom stereocenters. The molecule has 3 atom stereocenters. The summed E-state index contributed by atoms with van der Waals surface area (Å²) >= 11 is 0. The van der Waals surface area contributed by atoms with E-state index in [0.717, 1.165) is 24.9 Å². The van der Waals surface area contributed by atoms with Gasteiger partial charge in [0.15, 0.2) is 0 Å². The minimum atomic E-state index is 0.397. The molecule has 3 rings (SSSR count). The van der Waals surface area contributed by atoms with Crippen molar-refractivity contribution in [3.05, 3.63) is 24.0 Å². The third kappa shape index (κ3) is 2.48. The van der Waals surface area contributed by atoms with Gasteiger partial charge in [-0.2, -0.15) is 0 Å². The maximum Gasteiger partial charge on any atom is 0.0574 e. The Morgan fingerprint density at radius 2 is 2.26 bits per heavy atom. The SMILES string of the molecule is CCNC(CC)c1ccc(N2CC3CCC2C3)cn1. The van der Waals surface area contributed by atoms with Crippen LogP contribution in [-0.4, -0.2) is 24.1 Å². The van der Waals surface area contributed by atoms with Crippen molar-refractivity contribution in [2.75, 3.05) is 18.0 Å². The Balaban J connectivity index is 1.72. The van der Waals surface area contributed by atoms with Gasteiger partial charge in [0.25, 0.3) is 0 Å². The van der Waals surface area contributed by atoms with Crippen molar-refractivity contribution >= 4 is 5.69 Å². The Hall–Kier alpha value is -1.09. The fourth-order valence-corrected chi connectivity index (χ4v) is 3.72. The molecule has 0 radical (unpaired) electrons. The first-order valence-corrected chi connectivity index (χ1v) is 7.77. The molecule has 0 spiro atoms. The number of piperidine rings is 1. The number of rotatable bonds is 5. The van der Waals surface area contributed by atoms with Gasteiger partial charge >= 0.3 is 0 Å². The van der Waals surface area contributed by atoms with E-state index in [2.05, 4.69) is 42.4 Å². The second-order valence-corrected chi connectivity index (χ2v) is 5.95. The topological polar surface area (TPSA) is 28.2 Å². The molecule has 19 heavy (non-hydrogen) atoms. The molecule has 0 amide bonds. The molecule has 1 saturated heterocycles. The highest BCUT2D eigenvalue weighted by Crippen LogP contribution is 2.39. The lowest BCUT2D eigenvalue weighted by molar-refractivity contribution is 0.523. The Morgan fingerprint density at radius 1 is 1.37 bits per heavy atom. The quantitative estimate of drug-likeness (QED) is 0.880. The summed E-state index contributed by atoms with van der Waals surface area (Å²) in [4.78, 5) is 7.26. The summed E-state index contributed by atoms with van der Waals surface area (Å²) in [5, 5.41) is 3.49. The van der Waals surface area contributed by atoms with E-state index in [4.69, 9.17) is 4.98 Å². The van der Waals surface area contributed by atoms with E-state index in [0.29, 0.717) is 6.04 Å². The van der Waals surface area contributed by atoms with Crippen molar-refractivity contribution in [2.45, 2.75) is 51.6 Å². The fourth-order valence-electron chi connectivity index (χ4n) is 3.72. The summed E-state index contributed by atoms with van der Waals surface area (Å²) in [6, 6.07) is 5.66. The number of fused-ring (bicyclic) bond motifs is 2. The summed E-state index contributed by atoms with van der Waals surface area (Å²) in [5.41, 5.74) is 2.50. The van der Waals surface area contributed by atoms with Gasteiger partial charge in [-0.1, -0.05) is 13.8 Å². The predicted octanol–water partition coefficient (Wildman–Crippen LogP) is 3.13. The molecule has 2 heterocycles. The Bertz CT molecular complexity index is 415. The van der Waals surface area contributed by atoms with E-state index < -0.39 is 0 Å². The average Bonchev–Trinajstić information content (AvgIpc) is 3.08. The van der Waals surface area contributed by atoms with Crippen molar-refractivity contribution in [3.8, 4) is 0 Å². The number of nitrogens with zero attached hydrogens (tertiary/aromatic N) is 2. The summed E-state index contributed by atoms with van der Waals surface area (Å²) in [6.07, 6.45) is 7.38. The largest absolute Gasteiger partial charge is 0.367 e. The van der Waals surface area contributed by atoms with Gasteiger partial charge < -0.3 is 10.2 Å². The summed E-state index contributed by atoms with van der Waals surface area (Å²) < 4.78 is 0. The molecule has 1 N–H and O–H groups in total. The van der Waals surface area contributed by atoms with Crippen LogP contribution in [0.2, 0.25) is 0 Å². The molecular formula is C16H25N3. The molecule has 3 nitrogen and oxygen atoms in total. The van der Waals surface area contributed by atoms with Gasteiger partial charge in [-0.05, 0) is 50.3 Å². The van der Waals surface area contributed by atoms with Crippen LogP contribution >= 0.6 is 0 Å². The zero-order chi connectivity index (χ0) is 13.2.